The van der Waals surface area contributed by atoms with Crippen LogP contribution in [0, 0.1) is 6.92 Å². The Hall–Kier alpha value is -0.990. The van der Waals surface area contributed by atoms with Crippen LogP contribution >= 0.6 is 27.5 Å². The van der Waals surface area contributed by atoms with Crippen LogP contribution in [-0.4, -0.2) is 6.04 Å². The van der Waals surface area contributed by atoms with Crippen LogP contribution in [0.3, 0.4) is 0 Å². The summed E-state index contributed by atoms with van der Waals surface area (Å²) in [6.45, 7) is 4.21. The van der Waals surface area contributed by atoms with Crippen molar-refractivity contribution in [2.24, 2.45) is 0 Å². The second-order valence-corrected chi connectivity index (χ2v) is 6.28. The lowest BCUT2D eigenvalue weighted by Gasteiger charge is -2.20. The predicted octanol–water partition coefficient (Wildman–Crippen LogP) is 5.84. The van der Waals surface area contributed by atoms with Crippen molar-refractivity contribution >= 4 is 33.2 Å². The van der Waals surface area contributed by atoms with Gasteiger partial charge >= 0.3 is 0 Å². The van der Waals surface area contributed by atoms with Crippen molar-refractivity contribution in [1.29, 1.82) is 0 Å². The van der Waals surface area contributed by atoms with Gasteiger partial charge in [-0.15, -0.1) is 0 Å². The SMILES string of the molecule is CCC(Cc1ccccc1)Nc1cc(Cl)c(C)cc1Br. The molecule has 0 bridgehead atoms. The van der Waals surface area contributed by atoms with E-state index < -0.39 is 0 Å². The summed E-state index contributed by atoms with van der Waals surface area (Å²) in [5.41, 5.74) is 3.49. The van der Waals surface area contributed by atoms with Crippen LogP contribution in [0.1, 0.15) is 24.5 Å². The minimum atomic E-state index is 0.396. The standard InChI is InChI=1S/C17H19BrClN/c1-3-14(10-13-7-5-4-6-8-13)20-17-11-16(19)12(2)9-15(17)18/h4-9,11,14,20H,3,10H2,1-2H3. The van der Waals surface area contributed by atoms with Crippen molar-refractivity contribution < 1.29 is 0 Å². The predicted molar refractivity (Wildman–Crippen MR) is 91.7 cm³/mol. The van der Waals surface area contributed by atoms with E-state index in [4.69, 9.17) is 11.6 Å². The Labute approximate surface area is 134 Å². The van der Waals surface area contributed by atoms with Gasteiger partial charge in [0.15, 0.2) is 0 Å². The lowest BCUT2D eigenvalue weighted by atomic mass is 10.0. The summed E-state index contributed by atoms with van der Waals surface area (Å²) in [6.07, 6.45) is 2.07. The molecule has 0 amide bonds. The van der Waals surface area contributed by atoms with Crippen molar-refractivity contribution in [1.82, 2.24) is 0 Å². The summed E-state index contributed by atoms with van der Waals surface area (Å²) < 4.78 is 1.06. The van der Waals surface area contributed by atoms with Crippen LogP contribution in [0.4, 0.5) is 5.69 Å². The number of benzene rings is 2. The van der Waals surface area contributed by atoms with Crippen LogP contribution in [0.25, 0.3) is 0 Å². The van der Waals surface area contributed by atoms with E-state index in [-0.39, 0.29) is 0 Å². The topological polar surface area (TPSA) is 12.0 Å². The maximum atomic E-state index is 6.21. The molecule has 0 aliphatic heterocycles. The average Bonchev–Trinajstić information content (AvgIpc) is 2.45. The lowest BCUT2D eigenvalue weighted by Crippen LogP contribution is -2.21. The molecule has 3 heteroatoms. The summed E-state index contributed by atoms with van der Waals surface area (Å²) in [4.78, 5) is 0. The lowest BCUT2D eigenvalue weighted by molar-refractivity contribution is 0.690. The molecule has 2 rings (SSSR count). The van der Waals surface area contributed by atoms with E-state index in [0.717, 1.165) is 33.6 Å². The number of hydrogen-bond donors (Lipinski definition) is 1. The molecule has 0 spiro atoms. The van der Waals surface area contributed by atoms with Crippen molar-refractivity contribution in [2.45, 2.75) is 32.7 Å². The minimum absolute atomic E-state index is 0.396. The molecule has 0 saturated carbocycles. The fourth-order valence-electron chi connectivity index (χ4n) is 2.17. The molecule has 2 aromatic carbocycles. The van der Waals surface area contributed by atoms with Crippen molar-refractivity contribution in [3.63, 3.8) is 0 Å². The largest absolute Gasteiger partial charge is 0.381 e. The molecule has 1 atom stereocenters. The van der Waals surface area contributed by atoms with E-state index in [9.17, 15) is 0 Å². The molecule has 0 fully saturated rings. The molecule has 0 heterocycles. The summed E-state index contributed by atoms with van der Waals surface area (Å²) in [5, 5.41) is 4.38. The Morgan fingerprint density at radius 2 is 1.90 bits per heavy atom. The summed E-state index contributed by atoms with van der Waals surface area (Å²) >= 11 is 9.82. The molecule has 0 radical (unpaired) electrons. The highest BCUT2D eigenvalue weighted by atomic mass is 79.9. The van der Waals surface area contributed by atoms with Gasteiger partial charge in [0.05, 0.1) is 5.69 Å². The van der Waals surface area contributed by atoms with Crippen LogP contribution in [0.2, 0.25) is 5.02 Å². The first kappa shape index (κ1) is 15.4. The maximum Gasteiger partial charge on any atom is 0.0502 e. The van der Waals surface area contributed by atoms with Gasteiger partial charge in [-0.2, -0.15) is 0 Å². The number of anilines is 1. The van der Waals surface area contributed by atoms with Gasteiger partial charge in [-0.1, -0.05) is 48.9 Å². The maximum absolute atomic E-state index is 6.21. The van der Waals surface area contributed by atoms with Crippen LogP contribution in [-0.2, 0) is 6.42 Å². The Balaban J connectivity index is 2.12. The van der Waals surface area contributed by atoms with Gasteiger partial charge in [0.25, 0.3) is 0 Å². The van der Waals surface area contributed by atoms with E-state index in [2.05, 4.69) is 58.5 Å². The van der Waals surface area contributed by atoms with Gasteiger partial charge in [-0.25, -0.2) is 0 Å². The third-order valence-corrected chi connectivity index (χ3v) is 4.49. The number of aryl methyl sites for hydroxylation is 1. The zero-order chi connectivity index (χ0) is 14.5. The normalized spacial score (nSPS) is 12.2. The van der Waals surface area contributed by atoms with E-state index in [1.165, 1.54) is 5.56 Å². The van der Waals surface area contributed by atoms with Gasteiger partial charge in [-0.3, -0.25) is 0 Å². The number of halogens is 2. The van der Waals surface area contributed by atoms with E-state index >= 15 is 0 Å². The second kappa shape index (κ2) is 7.14. The summed E-state index contributed by atoms with van der Waals surface area (Å²) in [7, 11) is 0. The fraction of sp³-hybridized carbons (Fsp3) is 0.294. The molecule has 0 aliphatic carbocycles. The zero-order valence-electron chi connectivity index (χ0n) is 11.8. The fourth-order valence-corrected chi connectivity index (χ4v) is 2.91. The van der Waals surface area contributed by atoms with E-state index in [0.29, 0.717) is 6.04 Å². The van der Waals surface area contributed by atoms with Crippen LogP contribution < -0.4 is 5.32 Å². The molecular weight excluding hydrogens is 334 g/mol. The van der Waals surface area contributed by atoms with Gasteiger partial charge in [0.1, 0.15) is 0 Å². The Kier molecular flexibility index (Phi) is 5.50. The number of hydrogen-bond acceptors (Lipinski definition) is 1. The molecule has 1 N–H and O–H groups in total. The molecule has 106 valence electrons. The van der Waals surface area contributed by atoms with Gasteiger partial charge in [0, 0.05) is 15.5 Å². The van der Waals surface area contributed by atoms with E-state index in [1.807, 2.05) is 19.1 Å². The zero-order valence-corrected chi connectivity index (χ0v) is 14.1. The molecule has 0 saturated heterocycles. The van der Waals surface area contributed by atoms with Crippen molar-refractivity contribution in [3.8, 4) is 0 Å². The highest BCUT2D eigenvalue weighted by Gasteiger charge is 2.10. The molecule has 0 aliphatic rings. The molecule has 0 aromatic heterocycles. The third-order valence-electron chi connectivity index (χ3n) is 3.43. The summed E-state index contributed by atoms with van der Waals surface area (Å²) in [5.74, 6) is 0. The van der Waals surface area contributed by atoms with Crippen LogP contribution in [0.5, 0.6) is 0 Å². The number of rotatable bonds is 5. The van der Waals surface area contributed by atoms with Gasteiger partial charge in [0.2, 0.25) is 0 Å². The monoisotopic (exact) mass is 351 g/mol. The molecule has 1 nitrogen and oxygen atoms in total. The number of nitrogens with one attached hydrogen (secondary N) is 1. The smallest absolute Gasteiger partial charge is 0.0502 e. The Bertz CT molecular complexity index is 569. The Morgan fingerprint density at radius 3 is 2.55 bits per heavy atom. The first-order valence-electron chi connectivity index (χ1n) is 6.86. The van der Waals surface area contributed by atoms with E-state index in [1.54, 1.807) is 0 Å². The highest BCUT2D eigenvalue weighted by molar-refractivity contribution is 9.10. The first-order chi connectivity index (χ1) is 9.60. The highest BCUT2D eigenvalue weighted by Crippen LogP contribution is 2.30. The average molecular weight is 353 g/mol. The van der Waals surface area contributed by atoms with Crippen molar-refractivity contribution in [3.05, 3.63) is 63.1 Å². The molecule has 20 heavy (non-hydrogen) atoms. The molecule has 2 aromatic rings. The molecular formula is C17H19BrClN. The van der Waals surface area contributed by atoms with Crippen molar-refractivity contribution in [2.75, 3.05) is 5.32 Å². The van der Waals surface area contributed by atoms with Gasteiger partial charge in [-0.05, 0) is 59.0 Å². The quantitative estimate of drug-likeness (QED) is 0.712. The summed E-state index contributed by atoms with van der Waals surface area (Å²) in [6, 6.07) is 15.0. The third kappa shape index (κ3) is 4.00. The minimum Gasteiger partial charge on any atom is -0.381 e. The van der Waals surface area contributed by atoms with Gasteiger partial charge < -0.3 is 5.32 Å². The molecule has 1 unspecified atom stereocenters. The first-order valence-corrected chi connectivity index (χ1v) is 8.03. The van der Waals surface area contributed by atoms with Crippen LogP contribution in [0.15, 0.2) is 46.9 Å². The Morgan fingerprint density at radius 1 is 1.20 bits per heavy atom. The second-order valence-electron chi connectivity index (χ2n) is 5.02.